The zero-order valence-electron chi connectivity index (χ0n) is 9.92. The van der Waals surface area contributed by atoms with Crippen LogP contribution >= 0.6 is 0 Å². The van der Waals surface area contributed by atoms with Crippen LogP contribution in [0.2, 0.25) is 0 Å². The molecule has 0 aliphatic rings. The lowest BCUT2D eigenvalue weighted by atomic mass is 10.0. The summed E-state index contributed by atoms with van der Waals surface area (Å²) in [4.78, 5) is 3.89. The number of nitrogens with zero attached hydrogens (tertiary/aromatic N) is 1. The first-order chi connectivity index (χ1) is 8.79. The second-order valence-corrected chi connectivity index (χ2v) is 4.12. The minimum Gasteiger partial charge on any atom is -0.383 e. The van der Waals surface area contributed by atoms with Crippen molar-refractivity contribution >= 4 is 5.82 Å². The van der Waals surface area contributed by atoms with Gasteiger partial charge in [-0.1, -0.05) is 6.07 Å². The molecule has 0 aliphatic carbocycles. The Morgan fingerprint density at radius 2 is 1.79 bits per heavy atom. The molecule has 0 radical (unpaired) electrons. The van der Waals surface area contributed by atoms with Gasteiger partial charge in [0.25, 0.3) is 0 Å². The minimum absolute atomic E-state index is 0.320. The third-order valence-electron chi connectivity index (χ3n) is 2.73. The van der Waals surface area contributed by atoms with Crippen molar-refractivity contribution in [2.75, 3.05) is 5.73 Å². The molecule has 1 aromatic heterocycles. The second kappa shape index (κ2) is 4.53. The Labute approximate surface area is 106 Å². The fraction of sp³-hybridized carbons (Fsp3) is 0.154. The molecule has 19 heavy (non-hydrogen) atoms. The predicted molar refractivity (Wildman–Crippen MR) is 63.8 cm³/mol. The maximum absolute atomic E-state index is 13.4. The van der Waals surface area contributed by atoms with Gasteiger partial charge in [-0.25, -0.2) is 9.37 Å². The molecule has 0 amide bonds. The summed E-state index contributed by atoms with van der Waals surface area (Å²) in [6.45, 7) is 1.71. The molecule has 0 fully saturated rings. The summed E-state index contributed by atoms with van der Waals surface area (Å²) in [7, 11) is 0. The number of hydrogen-bond acceptors (Lipinski definition) is 2. The third-order valence-corrected chi connectivity index (χ3v) is 2.73. The zero-order valence-corrected chi connectivity index (χ0v) is 9.92. The highest BCUT2D eigenvalue weighted by atomic mass is 19.4. The van der Waals surface area contributed by atoms with Gasteiger partial charge in [0.05, 0.1) is 5.56 Å². The van der Waals surface area contributed by atoms with Gasteiger partial charge in [0.2, 0.25) is 0 Å². The quantitative estimate of drug-likeness (QED) is 0.800. The van der Waals surface area contributed by atoms with Crippen molar-refractivity contribution in [3.8, 4) is 11.1 Å². The average molecular weight is 270 g/mol. The number of pyridine rings is 1. The van der Waals surface area contributed by atoms with Crippen molar-refractivity contribution < 1.29 is 17.6 Å². The number of halogens is 4. The van der Waals surface area contributed by atoms with E-state index in [-0.39, 0.29) is 0 Å². The smallest absolute Gasteiger partial charge is 0.383 e. The van der Waals surface area contributed by atoms with Crippen molar-refractivity contribution in [2.24, 2.45) is 0 Å². The molecule has 2 N–H and O–H groups in total. The van der Waals surface area contributed by atoms with Crippen LogP contribution in [0.1, 0.15) is 11.1 Å². The first-order valence-electron chi connectivity index (χ1n) is 5.38. The van der Waals surface area contributed by atoms with E-state index in [1.54, 1.807) is 13.0 Å². The Morgan fingerprint density at radius 3 is 2.32 bits per heavy atom. The maximum atomic E-state index is 13.4. The third kappa shape index (κ3) is 2.67. The van der Waals surface area contributed by atoms with Crippen LogP contribution in [0.5, 0.6) is 0 Å². The summed E-state index contributed by atoms with van der Waals surface area (Å²) in [5, 5.41) is 0. The summed E-state index contributed by atoms with van der Waals surface area (Å²) in [5.74, 6) is -0.976. The number of nitrogens with two attached hydrogens (primary N) is 1. The number of anilines is 1. The van der Waals surface area contributed by atoms with Crippen LogP contribution in [0.4, 0.5) is 23.4 Å². The van der Waals surface area contributed by atoms with Crippen molar-refractivity contribution in [1.82, 2.24) is 4.98 Å². The van der Waals surface area contributed by atoms with E-state index < -0.39 is 17.6 Å². The Hall–Kier alpha value is -2.11. The molecule has 0 spiro atoms. The number of hydrogen-bond donors (Lipinski definition) is 1. The van der Waals surface area contributed by atoms with E-state index in [0.717, 1.165) is 12.1 Å². The molecule has 0 unspecified atom stereocenters. The summed E-state index contributed by atoms with van der Waals surface area (Å²) >= 11 is 0. The van der Waals surface area contributed by atoms with Crippen LogP contribution in [0.3, 0.4) is 0 Å². The largest absolute Gasteiger partial charge is 0.419 e. The van der Waals surface area contributed by atoms with Crippen molar-refractivity contribution in [2.45, 2.75) is 13.1 Å². The fourth-order valence-electron chi connectivity index (χ4n) is 1.67. The van der Waals surface area contributed by atoms with E-state index in [1.807, 2.05) is 0 Å². The number of aryl methyl sites for hydroxylation is 1. The highest BCUT2D eigenvalue weighted by Crippen LogP contribution is 2.33. The van der Waals surface area contributed by atoms with Crippen molar-refractivity contribution in [3.05, 3.63) is 47.4 Å². The van der Waals surface area contributed by atoms with Crippen molar-refractivity contribution in [3.63, 3.8) is 0 Å². The molecular weight excluding hydrogens is 260 g/mol. The molecule has 2 nitrogen and oxygen atoms in total. The first kappa shape index (κ1) is 13.3. The molecule has 1 heterocycles. The monoisotopic (exact) mass is 270 g/mol. The summed E-state index contributed by atoms with van der Waals surface area (Å²) in [6, 6.07) is 4.41. The van der Waals surface area contributed by atoms with Crippen LogP contribution in [0, 0.1) is 12.7 Å². The lowest BCUT2D eigenvalue weighted by Gasteiger charge is -2.10. The molecule has 2 rings (SSSR count). The number of benzene rings is 1. The van der Waals surface area contributed by atoms with Crippen LogP contribution in [0.25, 0.3) is 11.1 Å². The molecular formula is C13H10F4N2. The topological polar surface area (TPSA) is 38.9 Å². The van der Waals surface area contributed by atoms with Gasteiger partial charge in [0.15, 0.2) is 0 Å². The fourth-order valence-corrected chi connectivity index (χ4v) is 1.67. The highest BCUT2D eigenvalue weighted by molar-refractivity contribution is 5.65. The van der Waals surface area contributed by atoms with Gasteiger partial charge in [-0.05, 0) is 36.2 Å². The van der Waals surface area contributed by atoms with Gasteiger partial charge < -0.3 is 5.73 Å². The van der Waals surface area contributed by atoms with Gasteiger partial charge in [-0.2, -0.15) is 13.2 Å². The van der Waals surface area contributed by atoms with Gasteiger partial charge in [-0.3, -0.25) is 0 Å². The van der Waals surface area contributed by atoms with Crippen LogP contribution < -0.4 is 5.73 Å². The molecule has 100 valence electrons. The summed E-state index contributed by atoms with van der Waals surface area (Å²) in [5.41, 5.74) is 5.78. The molecule has 0 atom stereocenters. The highest BCUT2D eigenvalue weighted by Gasteiger charge is 2.33. The van der Waals surface area contributed by atoms with E-state index in [4.69, 9.17) is 5.73 Å². The average Bonchev–Trinajstić information content (AvgIpc) is 2.31. The van der Waals surface area contributed by atoms with Gasteiger partial charge in [0, 0.05) is 11.8 Å². The normalized spacial score (nSPS) is 11.6. The maximum Gasteiger partial charge on any atom is 0.419 e. The molecule has 0 bridgehead atoms. The Morgan fingerprint density at radius 1 is 1.11 bits per heavy atom. The molecule has 6 heteroatoms. The Balaban J connectivity index is 2.47. The number of rotatable bonds is 1. The Kier molecular flexibility index (Phi) is 3.18. The molecule has 2 aromatic rings. The van der Waals surface area contributed by atoms with E-state index in [9.17, 15) is 17.6 Å². The van der Waals surface area contributed by atoms with Crippen molar-refractivity contribution in [1.29, 1.82) is 0 Å². The molecule has 0 aliphatic heterocycles. The lowest BCUT2D eigenvalue weighted by molar-refractivity contribution is -0.139. The second-order valence-electron chi connectivity index (χ2n) is 4.12. The molecule has 0 saturated carbocycles. The molecule has 1 aromatic carbocycles. The van der Waals surface area contributed by atoms with Gasteiger partial charge in [0.1, 0.15) is 11.6 Å². The minimum atomic E-state index is -4.70. The summed E-state index contributed by atoms with van der Waals surface area (Å²) < 4.78 is 50.7. The predicted octanol–water partition coefficient (Wildman–Crippen LogP) is 3.80. The van der Waals surface area contributed by atoms with E-state index >= 15 is 0 Å². The van der Waals surface area contributed by atoms with Crippen LogP contribution in [0.15, 0.2) is 30.5 Å². The molecule has 0 saturated heterocycles. The zero-order chi connectivity index (χ0) is 14.2. The lowest BCUT2D eigenvalue weighted by Crippen LogP contribution is -2.07. The van der Waals surface area contributed by atoms with E-state index in [2.05, 4.69) is 4.98 Å². The summed E-state index contributed by atoms with van der Waals surface area (Å²) in [6.07, 6.45) is -3.30. The van der Waals surface area contributed by atoms with Gasteiger partial charge in [-0.15, -0.1) is 0 Å². The van der Waals surface area contributed by atoms with Gasteiger partial charge >= 0.3 is 6.18 Å². The van der Waals surface area contributed by atoms with Crippen LogP contribution in [-0.4, -0.2) is 4.98 Å². The van der Waals surface area contributed by atoms with E-state index in [0.29, 0.717) is 22.5 Å². The number of aromatic nitrogens is 1. The Bertz CT molecular complexity index is 621. The first-order valence-corrected chi connectivity index (χ1v) is 5.38. The number of nitrogen functional groups attached to an aromatic ring is 1. The number of alkyl halides is 3. The van der Waals surface area contributed by atoms with Crippen LogP contribution in [-0.2, 0) is 6.18 Å². The van der Waals surface area contributed by atoms with E-state index in [1.165, 1.54) is 12.3 Å². The SMILES string of the molecule is Cc1cc(-c2ccc(C(F)(F)F)c(F)c2)cnc1N. The standard InChI is InChI=1S/C13H10F4N2/c1-7-4-9(6-19-12(7)18)8-2-3-10(11(14)5-8)13(15,16)17/h2-6H,1H3,(H2,18,19).